The van der Waals surface area contributed by atoms with Gasteiger partial charge in [-0.15, -0.1) is 6.42 Å². The first-order chi connectivity index (χ1) is 6.45. The van der Waals surface area contributed by atoms with E-state index in [4.69, 9.17) is 12.2 Å². The quantitative estimate of drug-likeness (QED) is 0.690. The van der Waals surface area contributed by atoms with Crippen molar-refractivity contribution in [2.24, 2.45) is 5.73 Å². The number of rotatable bonds is 1. The maximum Gasteiger partial charge on any atom is 0.416 e. The van der Waals surface area contributed by atoms with Crippen molar-refractivity contribution in [3.63, 3.8) is 0 Å². The Morgan fingerprint density at radius 1 is 1.36 bits per heavy atom. The molecular formula is C10H8F3N. The molecule has 1 atom stereocenters. The maximum absolute atomic E-state index is 12.2. The predicted molar refractivity (Wildman–Crippen MR) is 47.2 cm³/mol. The van der Waals surface area contributed by atoms with Crippen LogP contribution >= 0.6 is 0 Å². The Morgan fingerprint density at radius 2 is 2.00 bits per heavy atom. The second kappa shape index (κ2) is 3.72. The first-order valence-electron chi connectivity index (χ1n) is 3.84. The van der Waals surface area contributed by atoms with E-state index < -0.39 is 17.8 Å². The third kappa shape index (κ3) is 2.27. The molecule has 1 nitrogen and oxygen atoms in total. The molecule has 0 saturated heterocycles. The van der Waals surface area contributed by atoms with E-state index in [0.717, 1.165) is 12.1 Å². The number of alkyl halides is 3. The van der Waals surface area contributed by atoms with E-state index >= 15 is 0 Å². The standard InChI is InChI=1S/C10H8F3N/c1-2-9(14)7-4-3-5-8(6-7)10(11,12)13/h1,3-6,9H,14H2/t9-/m0/s1. The van der Waals surface area contributed by atoms with Gasteiger partial charge in [-0.25, -0.2) is 0 Å². The lowest BCUT2D eigenvalue weighted by Crippen LogP contribution is -2.10. The molecule has 0 aliphatic heterocycles. The molecule has 74 valence electrons. The van der Waals surface area contributed by atoms with Gasteiger partial charge in [0.05, 0.1) is 11.6 Å². The minimum absolute atomic E-state index is 0.294. The molecule has 4 heteroatoms. The summed E-state index contributed by atoms with van der Waals surface area (Å²) in [6, 6.07) is 3.91. The molecule has 0 unspecified atom stereocenters. The monoisotopic (exact) mass is 199 g/mol. The zero-order valence-electron chi connectivity index (χ0n) is 7.18. The smallest absolute Gasteiger partial charge is 0.314 e. The first kappa shape index (κ1) is 10.6. The number of nitrogens with two attached hydrogens (primary N) is 1. The Bertz CT molecular complexity index is 362. The molecule has 0 aliphatic rings. The third-order valence-corrected chi connectivity index (χ3v) is 1.75. The van der Waals surface area contributed by atoms with Crippen LogP contribution in [0.25, 0.3) is 0 Å². The number of halogens is 3. The van der Waals surface area contributed by atoms with Crippen molar-refractivity contribution >= 4 is 0 Å². The molecule has 14 heavy (non-hydrogen) atoms. The molecule has 2 N–H and O–H groups in total. The van der Waals surface area contributed by atoms with Crippen LogP contribution in [0.3, 0.4) is 0 Å². The van der Waals surface area contributed by atoms with Crippen LogP contribution in [0.15, 0.2) is 24.3 Å². The van der Waals surface area contributed by atoms with Crippen LogP contribution in [0.1, 0.15) is 17.2 Å². The Hall–Kier alpha value is -1.47. The summed E-state index contributed by atoms with van der Waals surface area (Å²) in [5.41, 5.74) is 4.96. The van der Waals surface area contributed by atoms with Crippen molar-refractivity contribution in [1.29, 1.82) is 0 Å². The number of hydrogen-bond donors (Lipinski definition) is 1. The van der Waals surface area contributed by atoms with Crippen molar-refractivity contribution in [1.82, 2.24) is 0 Å². The van der Waals surface area contributed by atoms with E-state index in [9.17, 15) is 13.2 Å². The SMILES string of the molecule is C#C[C@H](N)c1cccc(C(F)(F)F)c1. The summed E-state index contributed by atoms with van der Waals surface area (Å²) in [5, 5.41) is 0. The minimum Gasteiger partial charge on any atom is -0.314 e. The summed E-state index contributed by atoms with van der Waals surface area (Å²) in [7, 11) is 0. The van der Waals surface area contributed by atoms with Gasteiger partial charge in [-0.2, -0.15) is 13.2 Å². The van der Waals surface area contributed by atoms with Crippen molar-refractivity contribution in [2.45, 2.75) is 12.2 Å². The molecular weight excluding hydrogens is 191 g/mol. The number of hydrogen-bond acceptors (Lipinski definition) is 1. The lowest BCUT2D eigenvalue weighted by atomic mass is 10.1. The second-order valence-electron chi connectivity index (χ2n) is 2.77. The highest BCUT2D eigenvalue weighted by molar-refractivity contribution is 5.31. The molecule has 0 heterocycles. The van der Waals surface area contributed by atoms with E-state index in [-0.39, 0.29) is 0 Å². The average molecular weight is 199 g/mol. The average Bonchev–Trinajstić information content (AvgIpc) is 2.15. The van der Waals surface area contributed by atoms with Gasteiger partial charge in [-0.05, 0) is 17.7 Å². The third-order valence-electron chi connectivity index (χ3n) is 1.75. The highest BCUT2D eigenvalue weighted by Crippen LogP contribution is 2.30. The lowest BCUT2D eigenvalue weighted by Gasteiger charge is -2.09. The van der Waals surface area contributed by atoms with Crippen LogP contribution in [0.2, 0.25) is 0 Å². The summed E-state index contributed by atoms with van der Waals surface area (Å²) in [5.74, 6) is 2.17. The van der Waals surface area contributed by atoms with Gasteiger partial charge in [0, 0.05) is 0 Å². The normalized spacial score (nSPS) is 13.4. The van der Waals surface area contributed by atoms with Crippen molar-refractivity contribution in [2.75, 3.05) is 0 Å². The van der Waals surface area contributed by atoms with E-state index in [1.165, 1.54) is 12.1 Å². The predicted octanol–water partition coefficient (Wildman–Crippen LogP) is 2.34. The summed E-state index contributed by atoms with van der Waals surface area (Å²) in [4.78, 5) is 0. The van der Waals surface area contributed by atoms with Gasteiger partial charge in [0.1, 0.15) is 0 Å². The molecule has 0 spiro atoms. The van der Waals surface area contributed by atoms with E-state index in [0.29, 0.717) is 5.56 Å². The van der Waals surface area contributed by atoms with Crippen LogP contribution < -0.4 is 5.73 Å². The zero-order chi connectivity index (χ0) is 10.8. The molecule has 1 rings (SSSR count). The first-order valence-corrected chi connectivity index (χ1v) is 3.84. The molecule has 0 bridgehead atoms. The van der Waals surface area contributed by atoms with Crippen LogP contribution in [0, 0.1) is 12.3 Å². The number of benzene rings is 1. The highest BCUT2D eigenvalue weighted by Gasteiger charge is 2.30. The highest BCUT2D eigenvalue weighted by atomic mass is 19.4. The van der Waals surface area contributed by atoms with Gasteiger partial charge >= 0.3 is 6.18 Å². The summed E-state index contributed by atoms with van der Waals surface area (Å²) >= 11 is 0. The fraction of sp³-hybridized carbons (Fsp3) is 0.200. The van der Waals surface area contributed by atoms with Gasteiger partial charge in [0.25, 0.3) is 0 Å². The fourth-order valence-corrected chi connectivity index (χ4v) is 1.00. The minimum atomic E-state index is -4.36. The van der Waals surface area contributed by atoms with Crippen molar-refractivity contribution < 1.29 is 13.2 Å². The van der Waals surface area contributed by atoms with Crippen LogP contribution in [0.5, 0.6) is 0 Å². The summed E-state index contributed by atoms with van der Waals surface area (Å²) in [6.07, 6.45) is 0.650. The van der Waals surface area contributed by atoms with Crippen LogP contribution in [-0.4, -0.2) is 0 Å². The maximum atomic E-state index is 12.2. The molecule has 0 radical (unpaired) electrons. The van der Waals surface area contributed by atoms with Gasteiger partial charge in [-0.3, -0.25) is 0 Å². The fourth-order valence-electron chi connectivity index (χ4n) is 1.00. The molecule has 1 aromatic carbocycles. The number of terminal acetylenes is 1. The van der Waals surface area contributed by atoms with Gasteiger partial charge in [0.2, 0.25) is 0 Å². The zero-order valence-corrected chi connectivity index (χ0v) is 7.18. The molecule has 1 aromatic rings. The molecule has 0 amide bonds. The van der Waals surface area contributed by atoms with E-state index in [1.54, 1.807) is 0 Å². The Kier molecular flexibility index (Phi) is 2.82. The second-order valence-corrected chi connectivity index (χ2v) is 2.77. The summed E-state index contributed by atoms with van der Waals surface area (Å²) in [6.45, 7) is 0. The Labute approximate surface area is 79.7 Å². The Balaban J connectivity index is 3.09. The molecule has 0 saturated carbocycles. The lowest BCUT2D eigenvalue weighted by molar-refractivity contribution is -0.137. The van der Waals surface area contributed by atoms with Crippen molar-refractivity contribution in [3.8, 4) is 12.3 Å². The van der Waals surface area contributed by atoms with E-state index in [2.05, 4.69) is 5.92 Å². The van der Waals surface area contributed by atoms with Crippen molar-refractivity contribution in [3.05, 3.63) is 35.4 Å². The molecule has 0 aromatic heterocycles. The summed E-state index contributed by atoms with van der Waals surface area (Å²) < 4.78 is 36.7. The largest absolute Gasteiger partial charge is 0.416 e. The molecule has 0 aliphatic carbocycles. The Morgan fingerprint density at radius 3 is 2.50 bits per heavy atom. The van der Waals surface area contributed by atoms with Crippen LogP contribution in [0.4, 0.5) is 13.2 Å². The van der Waals surface area contributed by atoms with Gasteiger partial charge < -0.3 is 5.73 Å². The van der Waals surface area contributed by atoms with Crippen LogP contribution in [-0.2, 0) is 6.18 Å². The van der Waals surface area contributed by atoms with Gasteiger partial charge in [-0.1, -0.05) is 18.1 Å². The van der Waals surface area contributed by atoms with E-state index in [1.807, 2.05) is 0 Å². The van der Waals surface area contributed by atoms with Gasteiger partial charge in [0.15, 0.2) is 0 Å². The molecule has 0 fully saturated rings. The topological polar surface area (TPSA) is 26.0 Å².